The summed E-state index contributed by atoms with van der Waals surface area (Å²) in [5.74, 6) is 4.47. The van der Waals surface area contributed by atoms with Crippen molar-refractivity contribution in [3.05, 3.63) is 52.9 Å². The van der Waals surface area contributed by atoms with E-state index < -0.39 is 0 Å². The number of hydrazone groups is 1. The van der Waals surface area contributed by atoms with Crippen molar-refractivity contribution in [2.24, 2.45) is 10.9 Å². The summed E-state index contributed by atoms with van der Waals surface area (Å²) >= 11 is 5.91. The number of aromatic nitrogens is 2. The van der Waals surface area contributed by atoms with Crippen LogP contribution in [-0.4, -0.2) is 22.6 Å². The van der Waals surface area contributed by atoms with Gasteiger partial charge in [-0.25, -0.2) is 15.5 Å². The number of carbonyl (C=O) groups is 1. The monoisotopic (exact) mass is 345 g/mol. The summed E-state index contributed by atoms with van der Waals surface area (Å²) in [4.78, 5) is 19.9. The van der Waals surface area contributed by atoms with Crippen molar-refractivity contribution < 1.29 is 4.79 Å². The molecule has 0 aliphatic carbocycles. The van der Waals surface area contributed by atoms with Crippen molar-refractivity contribution in [2.45, 2.75) is 6.92 Å². The van der Waals surface area contributed by atoms with Crippen molar-refractivity contribution in [3.63, 3.8) is 0 Å². The van der Waals surface area contributed by atoms with Gasteiger partial charge in [-0.1, -0.05) is 23.7 Å². The maximum Gasteiger partial charge on any atom is 0.258 e. The van der Waals surface area contributed by atoms with Crippen molar-refractivity contribution in [3.8, 4) is 13.1 Å². The molecule has 1 amide bonds. The molecule has 0 radical (unpaired) electrons. The van der Waals surface area contributed by atoms with E-state index in [-0.39, 0.29) is 5.91 Å². The van der Waals surface area contributed by atoms with Crippen molar-refractivity contribution in [2.75, 3.05) is 5.32 Å². The number of carbonyl (C=O) groups excluding carboxylic acids is 1. The molecule has 1 aromatic heterocycles. The van der Waals surface area contributed by atoms with Crippen LogP contribution in [0.4, 0.5) is 5.82 Å². The first-order chi connectivity index (χ1) is 11.6. The van der Waals surface area contributed by atoms with Crippen molar-refractivity contribution in [1.29, 1.82) is 10.5 Å². The van der Waals surface area contributed by atoms with E-state index in [0.29, 0.717) is 16.4 Å². The highest BCUT2D eigenvalue weighted by molar-refractivity contribution is 6.34. The van der Waals surface area contributed by atoms with Crippen LogP contribution in [-0.2, 0) is 0 Å². The van der Waals surface area contributed by atoms with Gasteiger partial charge in [0, 0.05) is 19.9 Å². The second-order valence-corrected chi connectivity index (χ2v) is 4.07. The van der Waals surface area contributed by atoms with Crippen LogP contribution in [0.25, 0.3) is 0 Å². The van der Waals surface area contributed by atoms with E-state index in [9.17, 15) is 4.79 Å². The van der Waals surface area contributed by atoms with Gasteiger partial charge in [-0.3, -0.25) is 9.78 Å². The Hall–Kier alpha value is -3.49. The number of nitrogens with one attached hydrogen (secondary N) is 1. The van der Waals surface area contributed by atoms with Gasteiger partial charge in [-0.2, -0.15) is 5.10 Å². The number of amides is 1. The summed E-state index contributed by atoms with van der Waals surface area (Å²) in [5.41, 5.74) is 1.21. The Kier molecular flexibility index (Phi) is 13.7. The molecule has 1 aromatic carbocycles. The fourth-order valence-electron chi connectivity index (χ4n) is 1.29. The number of nitrogens with two attached hydrogens (primary N) is 1. The molecule has 0 fully saturated rings. The van der Waals surface area contributed by atoms with E-state index >= 15 is 0 Å². The van der Waals surface area contributed by atoms with E-state index in [0.717, 1.165) is 5.69 Å². The molecule has 0 saturated heterocycles. The molecular weight excluding hydrogens is 330 g/mol. The van der Waals surface area contributed by atoms with Gasteiger partial charge in [-0.15, -0.1) is 0 Å². The summed E-state index contributed by atoms with van der Waals surface area (Å²) in [6, 6.07) is 6.84. The largest absolute Gasteiger partial charge is 0.324 e. The van der Waals surface area contributed by atoms with Gasteiger partial charge >= 0.3 is 0 Å². The molecule has 0 saturated carbocycles. The Morgan fingerprint density at radius 1 is 1.25 bits per heavy atom. The number of halogens is 1. The highest BCUT2D eigenvalue weighted by Crippen LogP contribution is 2.16. The molecule has 0 spiro atoms. The van der Waals surface area contributed by atoms with Crippen LogP contribution >= 0.6 is 11.6 Å². The molecule has 0 bridgehead atoms. The quantitative estimate of drug-likeness (QED) is 0.486. The van der Waals surface area contributed by atoms with Crippen LogP contribution in [0.5, 0.6) is 0 Å². The summed E-state index contributed by atoms with van der Waals surface area (Å²) in [6.07, 6.45) is 3.09. The topological polar surface area (TPSA) is 141 Å². The van der Waals surface area contributed by atoms with Crippen molar-refractivity contribution in [1.82, 2.24) is 9.97 Å². The average Bonchev–Trinajstić information content (AvgIpc) is 2.61. The zero-order chi connectivity index (χ0) is 19.0. The number of benzene rings is 1. The lowest BCUT2D eigenvalue weighted by molar-refractivity contribution is 0.102. The van der Waals surface area contributed by atoms with Crippen LogP contribution in [0.15, 0.2) is 41.8 Å². The molecule has 1 heterocycles. The van der Waals surface area contributed by atoms with Gasteiger partial charge < -0.3 is 11.2 Å². The molecule has 124 valence electrons. The number of anilines is 1. The van der Waals surface area contributed by atoms with E-state index in [1.54, 1.807) is 30.5 Å². The van der Waals surface area contributed by atoms with Gasteiger partial charge in [0.15, 0.2) is 5.82 Å². The van der Waals surface area contributed by atoms with Crippen LogP contribution in [0.2, 0.25) is 5.02 Å². The van der Waals surface area contributed by atoms with Gasteiger partial charge in [0.25, 0.3) is 5.91 Å². The SMILES string of the molecule is C#N.C#N.C=NN.Cc1cnc(NC(=O)c2ccccc2Cl)cn1. The standard InChI is InChI=1S/C12H10ClN3O.CH4N2.2CHN/c1-8-6-15-11(7-14-8)16-12(17)9-4-2-3-5-10(9)13;1-3-2;2*1-2/h2-7H,1H3,(H,15,16,17);1-2H2;2*1H. The first kappa shape index (κ1) is 22.8. The molecule has 9 heteroatoms. The fraction of sp³-hybridized carbons (Fsp3) is 0.0667. The minimum Gasteiger partial charge on any atom is -0.324 e. The Bertz CT molecular complexity index is 662. The summed E-state index contributed by atoms with van der Waals surface area (Å²) < 4.78 is 0. The number of aryl methyl sites for hydroxylation is 1. The van der Waals surface area contributed by atoms with Gasteiger partial charge in [-0.05, 0) is 19.1 Å². The first-order valence-electron chi connectivity index (χ1n) is 6.10. The Morgan fingerprint density at radius 2 is 1.79 bits per heavy atom. The van der Waals surface area contributed by atoms with Crippen LogP contribution in [0.3, 0.4) is 0 Å². The maximum atomic E-state index is 11.9. The summed E-state index contributed by atoms with van der Waals surface area (Å²) in [5, 5.41) is 18.8. The number of nitrogens with zero attached hydrogens (tertiary/aromatic N) is 5. The van der Waals surface area contributed by atoms with E-state index in [4.69, 9.17) is 22.1 Å². The molecule has 2 rings (SSSR count). The lowest BCUT2D eigenvalue weighted by Gasteiger charge is -2.05. The molecule has 0 atom stereocenters. The third-order valence-electron chi connectivity index (χ3n) is 2.14. The third-order valence-corrected chi connectivity index (χ3v) is 2.47. The van der Waals surface area contributed by atoms with Crippen molar-refractivity contribution >= 4 is 30.0 Å². The van der Waals surface area contributed by atoms with Gasteiger partial charge in [0.2, 0.25) is 0 Å². The highest BCUT2D eigenvalue weighted by atomic mass is 35.5. The minimum absolute atomic E-state index is 0.297. The smallest absolute Gasteiger partial charge is 0.258 e. The average molecular weight is 346 g/mol. The molecule has 0 aliphatic heterocycles. The highest BCUT2D eigenvalue weighted by Gasteiger charge is 2.10. The molecule has 8 nitrogen and oxygen atoms in total. The molecule has 2 aromatic rings. The predicted octanol–water partition coefficient (Wildman–Crippen LogP) is 2.53. The van der Waals surface area contributed by atoms with Gasteiger partial charge in [0.05, 0.1) is 28.7 Å². The molecule has 24 heavy (non-hydrogen) atoms. The van der Waals surface area contributed by atoms with Gasteiger partial charge in [0.1, 0.15) is 0 Å². The number of nitriles is 2. The minimum atomic E-state index is -0.297. The zero-order valence-electron chi connectivity index (χ0n) is 12.9. The lowest BCUT2D eigenvalue weighted by Crippen LogP contribution is -2.13. The number of hydrogen-bond acceptors (Lipinski definition) is 7. The molecule has 3 N–H and O–H groups in total. The normalized spacial score (nSPS) is 7.75. The van der Waals surface area contributed by atoms with E-state index in [1.165, 1.54) is 6.20 Å². The van der Waals surface area contributed by atoms with Crippen LogP contribution < -0.4 is 11.2 Å². The second-order valence-electron chi connectivity index (χ2n) is 3.66. The van der Waals surface area contributed by atoms with Crippen LogP contribution in [0, 0.1) is 30.6 Å². The fourth-order valence-corrected chi connectivity index (χ4v) is 1.51. The molecule has 0 aliphatic rings. The van der Waals surface area contributed by atoms with Crippen LogP contribution in [0.1, 0.15) is 16.1 Å². The summed E-state index contributed by atoms with van der Waals surface area (Å²) in [7, 11) is 0. The first-order valence-corrected chi connectivity index (χ1v) is 6.48. The second kappa shape index (κ2) is 14.4. The third kappa shape index (κ3) is 8.72. The lowest BCUT2D eigenvalue weighted by atomic mass is 10.2. The Balaban J connectivity index is 0. The predicted molar refractivity (Wildman–Crippen MR) is 93.3 cm³/mol. The molecule has 0 unspecified atom stereocenters. The zero-order valence-corrected chi connectivity index (χ0v) is 13.7. The Labute approximate surface area is 145 Å². The van der Waals surface area contributed by atoms with E-state index in [2.05, 4.69) is 46.1 Å². The molecular formula is C15H16ClN7O. The number of hydrogen-bond donors (Lipinski definition) is 2. The maximum absolute atomic E-state index is 11.9. The number of rotatable bonds is 2. The van der Waals surface area contributed by atoms with E-state index in [1.807, 2.05) is 6.92 Å². The Morgan fingerprint density at radius 3 is 2.25 bits per heavy atom. The summed E-state index contributed by atoms with van der Waals surface area (Å²) in [6.45, 7) is 11.7.